The smallest absolute Gasteiger partial charge is 0.410 e. The minimum atomic E-state index is -0.522. The molecule has 1 amide bonds. The standard InChI is InChI=1S/C15H20FNO3/c1-15(2,3)20-14(19)17-5-4-10(9-17)11-6-12(16)8-13(18)7-11/h6-8,10,18H,4-5,9H2,1-3H3. The Morgan fingerprint density at radius 3 is 2.70 bits per heavy atom. The van der Waals surface area contributed by atoms with Gasteiger partial charge in [0.15, 0.2) is 0 Å². The van der Waals surface area contributed by atoms with Gasteiger partial charge >= 0.3 is 6.09 Å². The Bertz CT molecular complexity index is 490. The van der Waals surface area contributed by atoms with E-state index >= 15 is 0 Å². The van der Waals surface area contributed by atoms with Crippen LogP contribution in [0.4, 0.5) is 9.18 Å². The second-order valence-electron chi connectivity index (χ2n) is 6.15. The van der Waals surface area contributed by atoms with Crippen LogP contribution in [0.5, 0.6) is 5.75 Å². The number of nitrogens with zero attached hydrogens (tertiary/aromatic N) is 1. The van der Waals surface area contributed by atoms with Crippen molar-refractivity contribution in [2.24, 2.45) is 0 Å². The Labute approximate surface area is 118 Å². The summed E-state index contributed by atoms with van der Waals surface area (Å²) >= 11 is 0. The van der Waals surface area contributed by atoms with Gasteiger partial charge in [-0.25, -0.2) is 9.18 Å². The van der Waals surface area contributed by atoms with Crippen molar-refractivity contribution in [3.8, 4) is 5.75 Å². The number of phenols is 1. The maximum atomic E-state index is 13.3. The van der Waals surface area contributed by atoms with E-state index in [0.717, 1.165) is 12.5 Å². The van der Waals surface area contributed by atoms with Gasteiger partial charge in [-0.1, -0.05) is 0 Å². The number of amides is 1. The normalized spacial score (nSPS) is 19.2. The fourth-order valence-corrected chi connectivity index (χ4v) is 2.36. The molecule has 2 rings (SSSR count). The van der Waals surface area contributed by atoms with Gasteiger partial charge in [0.25, 0.3) is 0 Å². The van der Waals surface area contributed by atoms with E-state index in [1.54, 1.807) is 11.0 Å². The predicted octanol–water partition coefficient (Wildman–Crippen LogP) is 3.26. The molecule has 1 aliphatic rings. The van der Waals surface area contributed by atoms with Crippen molar-refractivity contribution in [2.45, 2.75) is 38.7 Å². The monoisotopic (exact) mass is 281 g/mol. The Morgan fingerprint density at radius 2 is 2.10 bits per heavy atom. The molecule has 1 fully saturated rings. The molecule has 1 heterocycles. The number of ether oxygens (including phenoxy) is 1. The van der Waals surface area contributed by atoms with Crippen LogP contribution in [0.25, 0.3) is 0 Å². The molecule has 1 aromatic carbocycles. The van der Waals surface area contributed by atoms with Gasteiger partial charge in [-0.2, -0.15) is 0 Å². The van der Waals surface area contributed by atoms with Gasteiger partial charge in [-0.15, -0.1) is 0 Å². The number of likely N-dealkylation sites (tertiary alicyclic amines) is 1. The Hall–Kier alpha value is -1.78. The fourth-order valence-electron chi connectivity index (χ4n) is 2.36. The molecule has 0 aromatic heterocycles. The summed E-state index contributed by atoms with van der Waals surface area (Å²) in [7, 11) is 0. The van der Waals surface area contributed by atoms with Crippen molar-refractivity contribution in [1.29, 1.82) is 0 Å². The second-order valence-corrected chi connectivity index (χ2v) is 6.15. The van der Waals surface area contributed by atoms with Crippen LogP contribution < -0.4 is 0 Å². The molecule has 1 atom stereocenters. The van der Waals surface area contributed by atoms with Gasteiger partial charge in [0.05, 0.1) is 0 Å². The summed E-state index contributed by atoms with van der Waals surface area (Å²) in [6.45, 7) is 6.53. The van der Waals surface area contributed by atoms with Crippen LogP contribution in [0, 0.1) is 5.82 Å². The summed E-state index contributed by atoms with van der Waals surface area (Å²) in [5.41, 5.74) is 0.195. The number of halogens is 1. The van der Waals surface area contributed by atoms with Gasteiger partial charge in [0.2, 0.25) is 0 Å². The van der Waals surface area contributed by atoms with Crippen LogP contribution in [0.3, 0.4) is 0 Å². The summed E-state index contributed by atoms with van der Waals surface area (Å²) < 4.78 is 18.6. The third-order valence-corrected chi connectivity index (χ3v) is 3.22. The zero-order valence-corrected chi connectivity index (χ0v) is 12.0. The topological polar surface area (TPSA) is 49.8 Å². The number of hydrogen-bond acceptors (Lipinski definition) is 3. The lowest BCUT2D eigenvalue weighted by Gasteiger charge is -2.24. The molecule has 5 heteroatoms. The van der Waals surface area contributed by atoms with Crippen molar-refractivity contribution in [3.05, 3.63) is 29.6 Å². The van der Waals surface area contributed by atoms with Crippen LogP contribution >= 0.6 is 0 Å². The van der Waals surface area contributed by atoms with E-state index in [0.29, 0.717) is 18.7 Å². The Kier molecular flexibility index (Phi) is 3.88. The number of benzene rings is 1. The quantitative estimate of drug-likeness (QED) is 0.859. The van der Waals surface area contributed by atoms with Crippen molar-refractivity contribution < 1.29 is 19.0 Å². The summed E-state index contributed by atoms with van der Waals surface area (Å²) in [5, 5.41) is 9.44. The van der Waals surface area contributed by atoms with Crippen molar-refractivity contribution >= 4 is 6.09 Å². The molecule has 0 radical (unpaired) electrons. The highest BCUT2D eigenvalue weighted by atomic mass is 19.1. The molecule has 0 bridgehead atoms. The molecule has 0 aliphatic carbocycles. The number of carbonyl (C=O) groups excluding carboxylic acids is 1. The maximum absolute atomic E-state index is 13.3. The van der Waals surface area contributed by atoms with E-state index in [9.17, 15) is 14.3 Å². The van der Waals surface area contributed by atoms with Gasteiger partial charge in [0.1, 0.15) is 17.2 Å². The molecule has 4 nitrogen and oxygen atoms in total. The second kappa shape index (κ2) is 5.31. The molecule has 1 unspecified atom stereocenters. The van der Waals surface area contributed by atoms with Crippen LogP contribution in [0.2, 0.25) is 0 Å². The minimum absolute atomic E-state index is 0.0316. The van der Waals surface area contributed by atoms with Gasteiger partial charge < -0.3 is 14.7 Å². The largest absolute Gasteiger partial charge is 0.508 e. The lowest BCUT2D eigenvalue weighted by molar-refractivity contribution is 0.0292. The molecular weight excluding hydrogens is 261 g/mol. The molecule has 110 valence electrons. The molecule has 1 saturated heterocycles. The first-order valence-corrected chi connectivity index (χ1v) is 6.72. The molecular formula is C15H20FNO3. The minimum Gasteiger partial charge on any atom is -0.508 e. The first kappa shape index (κ1) is 14.6. The van der Waals surface area contributed by atoms with Crippen molar-refractivity contribution in [2.75, 3.05) is 13.1 Å². The molecule has 20 heavy (non-hydrogen) atoms. The Morgan fingerprint density at radius 1 is 1.40 bits per heavy atom. The van der Waals surface area contributed by atoms with E-state index < -0.39 is 11.4 Å². The van der Waals surface area contributed by atoms with Gasteiger partial charge in [0, 0.05) is 25.1 Å². The van der Waals surface area contributed by atoms with Crippen LogP contribution in [-0.2, 0) is 4.74 Å². The zero-order valence-electron chi connectivity index (χ0n) is 12.0. The predicted molar refractivity (Wildman–Crippen MR) is 73.2 cm³/mol. The summed E-state index contributed by atoms with van der Waals surface area (Å²) in [5.74, 6) is -0.518. The fraction of sp³-hybridized carbons (Fsp3) is 0.533. The molecule has 0 saturated carbocycles. The lowest BCUT2D eigenvalue weighted by atomic mass is 9.98. The van der Waals surface area contributed by atoms with Gasteiger partial charge in [-0.05, 0) is 44.9 Å². The number of aromatic hydroxyl groups is 1. The first-order chi connectivity index (χ1) is 9.24. The molecule has 1 aliphatic heterocycles. The third kappa shape index (κ3) is 3.62. The summed E-state index contributed by atoms with van der Waals surface area (Å²) in [6, 6.07) is 4.03. The van der Waals surface area contributed by atoms with E-state index in [1.807, 2.05) is 20.8 Å². The highest BCUT2D eigenvalue weighted by molar-refractivity contribution is 5.68. The van der Waals surface area contributed by atoms with E-state index in [4.69, 9.17) is 4.74 Å². The summed E-state index contributed by atoms with van der Waals surface area (Å²) in [4.78, 5) is 13.6. The number of carbonyl (C=O) groups is 1. The Balaban J connectivity index is 2.03. The van der Waals surface area contributed by atoms with Crippen LogP contribution in [0.15, 0.2) is 18.2 Å². The molecule has 1 aromatic rings. The molecule has 0 spiro atoms. The average molecular weight is 281 g/mol. The van der Waals surface area contributed by atoms with Crippen molar-refractivity contribution in [1.82, 2.24) is 4.90 Å². The number of rotatable bonds is 1. The van der Waals surface area contributed by atoms with E-state index in [-0.39, 0.29) is 17.8 Å². The number of hydrogen-bond donors (Lipinski definition) is 1. The van der Waals surface area contributed by atoms with E-state index in [1.165, 1.54) is 6.07 Å². The zero-order chi connectivity index (χ0) is 14.9. The third-order valence-electron chi connectivity index (χ3n) is 3.22. The highest BCUT2D eigenvalue weighted by Gasteiger charge is 2.30. The first-order valence-electron chi connectivity index (χ1n) is 6.72. The summed E-state index contributed by atoms with van der Waals surface area (Å²) in [6.07, 6.45) is 0.392. The SMILES string of the molecule is CC(C)(C)OC(=O)N1CCC(c2cc(O)cc(F)c2)C1. The van der Waals surface area contributed by atoms with Crippen LogP contribution in [-0.4, -0.2) is 34.8 Å². The molecule has 1 N–H and O–H groups in total. The number of phenolic OH excluding ortho intramolecular Hbond substituents is 1. The maximum Gasteiger partial charge on any atom is 0.410 e. The average Bonchev–Trinajstić information content (AvgIpc) is 2.74. The lowest BCUT2D eigenvalue weighted by Crippen LogP contribution is -2.35. The van der Waals surface area contributed by atoms with Crippen molar-refractivity contribution in [3.63, 3.8) is 0 Å². The highest BCUT2D eigenvalue weighted by Crippen LogP contribution is 2.30. The van der Waals surface area contributed by atoms with Gasteiger partial charge in [-0.3, -0.25) is 0 Å². The van der Waals surface area contributed by atoms with E-state index in [2.05, 4.69) is 0 Å². The van der Waals surface area contributed by atoms with Crippen LogP contribution in [0.1, 0.15) is 38.7 Å².